The maximum Gasteiger partial charge on any atom is 0.330 e. The molecule has 5 nitrogen and oxygen atoms in total. The lowest BCUT2D eigenvalue weighted by Crippen LogP contribution is -2.02. The van der Waals surface area contributed by atoms with Gasteiger partial charge in [-0.05, 0) is 24.1 Å². The molecule has 0 fully saturated rings. The van der Waals surface area contributed by atoms with Crippen LogP contribution in [0.25, 0.3) is 6.08 Å². The van der Waals surface area contributed by atoms with Crippen LogP contribution in [0, 0.1) is 6.92 Å². The second-order valence-electron chi connectivity index (χ2n) is 2.99. The Bertz CT molecular complexity index is 413. The summed E-state index contributed by atoms with van der Waals surface area (Å²) < 4.78 is 4.46. The Kier molecular flexibility index (Phi) is 3.28. The van der Waals surface area contributed by atoms with Crippen molar-refractivity contribution >= 4 is 23.6 Å². The van der Waals surface area contributed by atoms with Gasteiger partial charge in [0.25, 0.3) is 0 Å². The van der Waals surface area contributed by atoms with Crippen molar-refractivity contribution < 1.29 is 9.53 Å². The molecule has 1 aromatic heterocycles. The van der Waals surface area contributed by atoms with Gasteiger partial charge in [0.1, 0.15) is 5.82 Å². The number of aromatic nitrogens is 1. The fourth-order valence-corrected chi connectivity index (χ4v) is 1.05. The first-order chi connectivity index (χ1) is 7.06. The third kappa shape index (κ3) is 2.46. The van der Waals surface area contributed by atoms with Crippen molar-refractivity contribution in [1.29, 1.82) is 0 Å². The number of pyridine rings is 1. The SMILES string of the molecule is COC(=O)C=Cc1cnc(N)c(N)c1C. The molecule has 1 aromatic rings. The van der Waals surface area contributed by atoms with E-state index < -0.39 is 5.97 Å². The number of nitrogens with two attached hydrogens (primary N) is 2. The maximum atomic E-state index is 10.9. The number of rotatable bonds is 2. The Balaban J connectivity index is 3.02. The minimum Gasteiger partial charge on any atom is -0.466 e. The van der Waals surface area contributed by atoms with Gasteiger partial charge in [-0.25, -0.2) is 9.78 Å². The Morgan fingerprint density at radius 3 is 2.80 bits per heavy atom. The molecular formula is C10H13N3O2. The van der Waals surface area contributed by atoms with Gasteiger partial charge in [0, 0.05) is 12.3 Å². The molecule has 0 saturated carbocycles. The van der Waals surface area contributed by atoms with Crippen LogP contribution in [-0.2, 0) is 9.53 Å². The van der Waals surface area contributed by atoms with Crippen LogP contribution in [0.3, 0.4) is 0 Å². The Morgan fingerprint density at radius 2 is 2.20 bits per heavy atom. The summed E-state index contributed by atoms with van der Waals surface area (Å²) in [6, 6.07) is 0. The van der Waals surface area contributed by atoms with Crippen molar-refractivity contribution in [3.8, 4) is 0 Å². The molecule has 4 N–H and O–H groups in total. The molecule has 0 atom stereocenters. The standard InChI is InChI=1S/C10H13N3O2/c1-6-7(3-4-8(14)15-2)5-13-10(12)9(6)11/h3-5H,11H2,1-2H3,(H2,12,13). The Hall–Kier alpha value is -2.04. The molecule has 80 valence electrons. The molecule has 0 aliphatic carbocycles. The van der Waals surface area contributed by atoms with Crippen LogP contribution in [0.1, 0.15) is 11.1 Å². The topological polar surface area (TPSA) is 91.2 Å². The number of methoxy groups -OCH3 is 1. The number of nitrogens with zero attached hydrogens (tertiary/aromatic N) is 1. The number of ether oxygens (including phenoxy) is 1. The van der Waals surface area contributed by atoms with Gasteiger partial charge in [0.05, 0.1) is 12.8 Å². The van der Waals surface area contributed by atoms with Crippen LogP contribution in [0.5, 0.6) is 0 Å². The van der Waals surface area contributed by atoms with E-state index in [4.69, 9.17) is 11.5 Å². The van der Waals surface area contributed by atoms with Crippen molar-refractivity contribution in [3.05, 3.63) is 23.4 Å². The number of esters is 1. The van der Waals surface area contributed by atoms with Gasteiger partial charge in [-0.1, -0.05) is 0 Å². The molecule has 1 heterocycles. The number of hydrogen-bond donors (Lipinski definition) is 2. The summed E-state index contributed by atoms with van der Waals surface area (Å²) in [5.41, 5.74) is 13.2. The molecule has 5 heteroatoms. The zero-order valence-corrected chi connectivity index (χ0v) is 8.65. The smallest absolute Gasteiger partial charge is 0.330 e. The van der Waals surface area contributed by atoms with E-state index in [1.807, 2.05) is 6.92 Å². The molecule has 0 aliphatic rings. The highest BCUT2D eigenvalue weighted by Gasteiger charge is 2.04. The highest BCUT2D eigenvalue weighted by atomic mass is 16.5. The summed E-state index contributed by atoms with van der Waals surface area (Å²) in [5.74, 6) is -0.132. The molecule has 0 spiro atoms. The first kappa shape index (κ1) is 11.0. The van der Waals surface area contributed by atoms with Gasteiger partial charge in [-0.15, -0.1) is 0 Å². The number of hydrogen-bond acceptors (Lipinski definition) is 5. The number of nitrogen functional groups attached to an aromatic ring is 2. The molecule has 0 radical (unpaired) electrons. The van der Waals surface area contributed by atoms with Crippen molar-refractivity contribution in [2.75, 3.05) is 18.6 Å². The van der Waals surface area contributed by atoms with E-state index in [0.717, 1.165) is 11.1 Å². The van der Waals surface area contributed by atoms with Crippen LogP contribution in [0.4, 0.5) is 11.5 Å². The van der Waals surface area contributed by atoms with Crippen LogP contribution >= 0.6 is 0 Å². The predicted octanol–water partition coefficient (Wildman–Crippen LogP) is 0.741. The lowest BCUT2D eigenvalue weighted by molar-refractivity contribution is -0.134. The van der Waals surface area contributed by atoms with E-state index in [2.05, 4.69) is 9.72 Å². The monoisotopic (exact) mass is 207 g/mol. The van der Waals surface area contributed by atoms with E-state index in [9.17, 15) is 4.79 Å². The first-order valence-corrected chi connectivity index (χ1v) is 4.33. The summed E-state index contributed by atoms with van der Waals surface area (Å²) in [7, 11) is 1.31. The van der Waals surface area contributed by atoms with Gasteiger partial charge >= 0.3 is 5.97 Å². The van der Waals surface area contributed by atoms with Gasteiger partial charge in [-0.3, -0.25) is 0 Å². The molecular weight excluding hydrogens is 194 g/mol. The molecule has 0 bridgehead atoms. The third-order valence-corrected chi connectivity index (χ3v) is 2.06. The lowest BCUT2D eigenvalue weighted by atomic mass is 10.1. The highest BCUT2D eigenvalue weighted by Crippen LogP contribution is 2.20. The van der Waals surface area contributed by atoms with Gasteiger partial charge in [0.2, 0.25) is 0 Å². The molecule has 0 unspecified atom stereocenters. The number of anilines is 2. The molecule has 0 amide bonds. The summed E-state index contributed by atoms with van der Waals surface area (Å²) in [6.45, 7) is 1.81. The fraction of sp³-hybridized carbons (Fsp3) is 0.200. The van der Waals surface area contributed by atoms with Gasteiger partial charge < -0.3 is 16.2 Å². The van der Waals surface area contributed by atoms with Crippen LogP contribution < -0.4 is 11.5 Å². The van der Waals surface area contributed by atoms with Crippen LogP contribution in [0.2, 0.25) is 0 Å². The van der Waals surface area contributed by atoms with E-state index in [-0.39, 0.29) is 0 Å². The second kappa shape index (κ2) is 4.45. The summed E-state index contributed by atoms with van der Waals surface area (Å²) in [6.07, 6.45) is 4.45. The van der Waals surface area contributed by atoms with Crippen LogP contribution in [0.15, 0.2) is 12.3 Å². The lowest BCUT2D eigenvalue weighted by Gasteiger charge is -2.05. The molecule has 0 aliphatic heterocycles. The second-order valence-corrected chi connectivity index (χ2v) is 2.99. The van der Waals surface area contributed by atoms with Crippen molar-refractivity contribution in [2.45, 2.75) is 6.92 Å². The Morgan fingerprint density at radius 1 is 1.53 bits per heavy atom. The highest BCUT2D eigenvalue weighted by molar-refractivity contribution is 5.87. The summed E-state index contributed by atoms with van der Waals surface area (Å²) in [5, 5.41) is 0. The largest absolute Gasteiger partial charge is 0.466 e. The average molecular weight is 207 g/mol. The fourth-order valence-electron chi connectivity index (χ4n) is 1.05. The third-order valence-electron chi connectivity index (χ3n) is 2.06. The van der Waals surface area contributed by atoms with E-state index >= 15 is 0 Å². The number of carbonyl (C=O) groups is 1. The van der Waals surface area contributed by atoms with Crippen molar-refractivity contribution in [1.82, 2.24) is 4.98 Å². The molecule has 0 aromatic carbocycles. The minimum atomic E-state index is -0.426. The number of carbonyl (C=O) groups excluding carboxylic acids is 1. The molecule has 1 rings (SSSR count). The van der Waals surface area contributed by atoms with Crippen molar-refractivity contribution in [2.24, 2.45) is 0 Å². The normalized spacial score (nSPS) is 10.5. The Labute approximate surface area is 87.7 Å². The zero-order chi connectivity index (χ0) is 11.4. The molecule has 0 saturated heterocycles. The van der Waals surface area contributed by atoms with Crippen molar-refractivity contribution in [3.63, 3.8) is 0 Å². The van der Waals surface area contributed by atoms with E-state index in [0.29, 0.717) is 11.5 Å². The summed E-state index contributed by atoms with van der Waals surface area (Å²) in [4.78, 5) is 14.8. The summed E-state index contributed by atoms with van der Waals surface area (Å²) >= 11 is 0. The zero-order valence-electron chi connectivity index (χ0n) is 8.65. The quantitative estimate of drug-likeness (QED) is 0.551. The minimum absolute atomic E-state index is 0.294. The molecule has 15 heavy (non-hydrogen) atoms. The predicted molar refractivity (Wildman–Crippen MR) is 58.8 cm³/mol. The van der Waals surface area contributed by atoms with E-state index in [1.54, 1.807) is 12.3 Å². The first-order valence-electron chi connectivity index (χ1n) is 4.33. The van der Waals surface area contributed by atoms with Gasteiger partial charge in [-0.2, -0.15) is 0 Å². The van der Waals surface area contributed by atoms with Crippen LogP contribution in [-0.4, -0.2) is 18.1 Å². The van der Waals surface area contributed by atoms with Gasteiger partial charge in [0.15, 0.2) is 0 Å². The average Bonchev–Trinajstić information content (AvgIpc) is 2.24. The van der Waals surface area contributed by atoms with E-state index in [1.165, 1.54) is 13.2 Å². The maximum absolute atomic E-state index is 10.9.